The maximum Gasteiger partial charge on any atom is 0.387 e. The summed E-state index contributed by atoms with van der Waals surface area (Å²) >= 11 is 6.01. The molecule has 190 valence electrons. The summed E-state index contributed by atoms with van der Waals surface area (Å²) in [7, 11) is 0. The molecule has 3 aromatic rings. The molecule has 0 atom stereocenters. The Morgan fingerprint density at radius 2 is 1.61 bits per heavy atom. The van der Waals surface area contributed by atoms with Crippen molar-refractivity contribution in [2.24, 2.45) is 0 Å². The lowest BCUT2D eigenvalue weighted by atomic mass is 10.00. The third kappa shape index (κ3) is 7.52. The lowest BCUT2D eigenvalue weighted by Crippen LogP contribution is -2.48. The van der Waals surface area contributed by atoms with Crippen molar-refractivity contribution in [3.63, 3.8) is 0 Å². The van der Waals surface area contributed by atoms with Crippen LogP contribution in [-0.4, -0.2) is 48.0 Å². The zero-order chi connectivity index (χ0) is 25.3. The number of amides is 1. The molecular formula is C29H31ClF2N2O2. The summed E-state index contributed by atoms with van der Waals surface area (Å²) in [4.78, 5) is 17.7. The first-order chi connectivity index (χ1) is 17.5. The SMILES string of the molecule is O=C(Cc1ccc(Cl)cc1)N(CCc1ccccc1)C1CCN(Cc2ccccc2OC(F)F)CC1. The number of carbonyl (C=O) groups excluding carboxylic acids is 1. The zero-order valence-electron chi connectivity index (χ0n) is 20.2. The molecule has 4 nitrogen and oxygen atoms in total. The molecule has 1 aliphatic rings. The minimum absolute atomic E-state index is 0.113. The monoisotopic (exact) mass is 512 g/mol. The number of rotatable bonds is 10. The number of likely N-dealkylation sites (tertiary alicyclic amines) is 1. The van der Waals surface area contributed by atoms with Gasteiger partial charge < -0.3 is 9.64 Å². The molecule has 0 N–H and O–H groups in total. The van der Waals surface area contributed by atoms with Gasteiger partial charge in [-0.1, -0.05) is 72.3 Å². The van der Waals surface area contributed by atoms with Crippen LogP contribution in [0.25, 0.3) is 0 Å². The molecule has 1 aliphatic heterocycles. The molecule has 0 aromatic heterocycles. The fourth-order valence-corrected chi connectivity index (χ4v) is 4.88. The second-order valence-corrected chi connectivity index (χ2v) is 9.56. The van der Waals surface area contributed by atoms with Crippen molar-refractivity contribution >= 4 is 17.5 Å². The number of para-hydroxylation sites is 1. The first-order valence-electron chi connectivity index (χ1n) is 12.3. The van der Waals surface area contributed by atoms with E-state index in [9.17, 15) is 13.6 Å². The van der Waals surface area contributed by atoms with E-state index in [0.29, 0.717) is 24.5 Å². The summed E-state index contributed by atoms with van der Waals surface area (Å²) < 4.78 is 30.3. The van der Waals surface area contributed by atoms with Gasteiger partial charge >= 0.3 is 6.61 Å². The molecule has 1 fully saturated rings. The molecule has 0 saturated carbocycles. The summed E-state index contributed by atoms with van der Waals surface area (Å²) in [5.41, 5.74) is 2.90. The number of hydrogen-bond donors (Lipinski definition) is 0. The van der Waals surface area contributed by atoms with Gasteiger partial charge in [-0.2, -0.15) is 8.78 Å². The Morgan fingerprint density at radius 3 is 2.31 bits per heavy atom. The first-order valence-corrected chi connectivity index (χ1v) is 12.7. The zero-order valence-corrected chi connectivity index (χ0v) is 20.9. The molecule has 0 spiro atoms. The van der Waals surface area contributed by atoms with Gasteiger partial charge in [0.15, 0.2) is 0 Å². The van der Waals surface area contributed by atoms with Crippen LogP contribution in [0.4, 0.5) is 8.78 Å². The van der Waals surface area contributed by atoms with E-state index in [2.05, 4.69) is 17.0 Å². The van der Waals surface area contributed by atoms with Gasteiger partial charge in [0.05, 0.1) is 6.42 Å². The van der Waals surface area contributed by atoms with Gasteiger partial charge in [0.2, 0.25) is 5.91 Å². The fraction of sp³-hybridized carbons (Fsp3) is 0.345. The maximum atomic E-state index is 13.4. The summed E-state index contributed by atoms with van der Waals surface area (Å²) in [5.74, 6) is 0.333. The highest BCUT2D eigenvalue weighted by atomic mass is 35.5. The van der Waals surface area contributed by atoms with Crippen LogP contribution in [0.1, 0.15) is 29.5 Å². The van der Waals surface area contributed by atoms with Gasteiger partial charge in [-0.25, -0.2) is 0 Å². The van der Waals surface area contributed by atoms with Crippen LogP contribution in [0.3, 0.4) is 0 Å². The number of piperidine rings is 1. The van der Waals surface area contributed by atoms with Crippen molar-refractivity contribution in [3.05, 3.63) is 101 Å². The van der Waals surface area contributed by atoms with E-state index >= 15 is 0 Å². The van der Waals surface area contributed by atoms with E-state index < -0.39 is 6.61 Å². The Labute approximate surface area is 216 Å². The maximum absolute atomic E-state index is 13.4. The fourth-order valence-electron chi connectivity index (χ4n) is 4.76. The number of alkyl halides is 2. The van der Waals surface area contributed by atoms with E-state index in [0.717, 1.165) is 43.5 Å². The molecular weight excluding hydrogens is 482 g/mol. The van der Waals surface area contributed by atoms with E-state index in [1.807, 2.05) is 59.5 Å². The molecule has 0 unspecified atom stereocenters. The molecule has 1 saturated heterocycles. The standard InChI is InChI=1S/C29H31ClF2N2O2/c30-25-12-10-23(11-13-25)20-28(35)34(19-14-22-6-2-1-3-7-22)26-15-17-33(18-16-26)21-24-8-4-5-9-27(24)36-29(31)32/h1-13,26,29H,14-21H2. The third-order valence-corrected chi connectivity index (χ3v) is 6.91. The van der Waals surface area contributed by atoms with E-state index in [4.69, 9.17) is 16.3 Å². The van der Waals surface area contributed by atoms with Crippen LogP contribution in [0.2, 0.25) is 5.02 Å². The van der Waals surface area contributed by atoms with Gasteiger partial charge in [-0.3, -0.25) is 9.69 Å². The second-order valence-electron chi connectivity index (χ2n) is 9.12. The van der Waals surface area contributed by atoms with Crippen LogP contribution in [0.5, 0.6) is 5.75 Å². The molecule has 7 heteroatoms. The van der Waals surface area contributed by atoms with Crippen molar-refractivity contribution in [3.8, 4) is 5.75 Å². The molecule has 0 bridgehead atoms. The quantitative estimate of drug-likeness (QED) is 0.323. The van der Waals surface area contributed by atoms with Gasteiger partial charge in [-0.15, -0.1) is 0 Å². The number of ether oxygens (including phenoxy) is 1. The molecule has 0 radical (unpaired) electrons. The smallest absolute Gasteiger partial charge is 0.387 e. The Hall–Kier alpha value is -2.96. The van der Waals surface area contributed by atoms with Gasteiger partial charge in [0, 0.05) is 42.8 Å². The topological polar surface area (TPSA) is 32.8 Å². The predicted molar refractivity (Wildman–Crippen MR) is 138 cm³/mol. The van der Waals surface area contributed by atoms with Crippen LogP contribution >= 0.6 is 11.6 Å². The number of carbonyl (C=O) groups is 1. The second kappa shape index (κ2) is 12.8. The Morgan fingerprint density at radius 1 is 0.944 bits per heavy atom. The summed E-state index contributed by atoms with van der Waals surface area (Å²) in [5, 5.41) is 0.653. The van der Waals surface area contributed by atoms with E-state index in [1.54, 1.807) is 12.1 Å². The van der Waals surface area contributed by atoms with Crippen molar-refractivity contribution in [2.75, 3.05) is 19.6 Å². The molecule has 0 aliphatic carbocycles. The number of hydrogen-bond acceptors (Lipinski definition) is 3. The van der Waals surface area contributed by atoms with Crippen molar-refractivity contribution in [2.45, 2.75) is 44.9 Å². The normalized spacial score (nSPS) is 14.7. The van der Waals surface area contributed by atoms with Crippen LogP contribution in [0, 0.1) is 0 Å². The average molecular weight is 513 g/mol. The summed E-state index contributed by atoms with van der Waals surface area (Å²) in [6.45, 7) is -0.0837. The molecule has 1 heterocycles. The largest absolute Gasteiger partial charge is 0.434 e. The van der Waals surface area contributed by atoms with Crippen molar-refractivity contribution in [1.29, 1.82) is 0 Å². The number of benzene rings is 3. The van der Waals surface area contributed by atoms with Crippen LogP contribution in [0.15, 0.2) is 78.9 Å². The molecule has 4 rings (SSSR count). The van der Waals surface area contributed by atoms with Crippen molar-refractivity contribution < 1.29 is 18.3 Å². The number of halogens is 3. The highest BCUT2D eigenvalue weighted by molar-refractivity contribution is 6.30. The van der Waals surface area contributed by atoms with Gasteiger partial charge in [0.25, 0.3) is 0 Å². The van der Waals surface area contributed by atoms with Gasteiger partial charge in [-0.05, 0) is 48.6 Å². The number of nitrogens with zero attached hydrogens (tertiary/aromatic N) is 2. The Bertz CT molecular complexity index is 1100. The van der Waals surface area contributed by atoms with Crippen molar-refractivity contribution in [1.82, 2.24) is 9.80 Å². The Balaban J connectivity index is 1.40. The molecule has 36 heavy (non-hydrogen) atoms. The summed E-state index contributed by atoms with van der Waals surface area (Å²) in [6, 6.07) is 24.7. The highest BCUT2D eigenvalue weighted by Crippen LogP contribution is 2.25. The molecule has 3 aromatic carbocycles. The predicted octanol–water partition coefficient (Wildman–Crippen LogP) is 6.22. The summed E-state index contributed by atoms with van der Waals surface area (Å²) in [6.07, 6.45) is 2.80. The minimum Gasteiger partial charge on any atom is -0.434 e. The van der Waals surface area contributed by atoms with E-state index in [-0.39, 0.29) is 17.7 Å². The Kier molecular flexibility index (Phi) is 9.31. The molecule has 1 amide bonds. The lowest BCUT2D eigenvalue weighted by Gasteiger charge is -2.39. The lowest BCUT2D eigenvalue weighted by molar-refractivity contribution is -0.133. The third-order valence-electron chi connectivity index (χ3n) is 6.65. The minimum atomic E-state index is -2.85. The first kappa shape index (κ1) is 26.1. The van der Waals surface area contributed by atoms with Gasteiger partial charge in [0.1, 0.15) is 5.75 Å². The van der Waals surface area contributed by atoms with Crippen LogP contribution < -0.4 is 4.74 Å². The average Bonchev–Trinajstić information content (AvgIpc) is 2.88. The van der Waals surface area contributed by atoms with E-state index in [1.165, 1.54) is 5.56 Å². The van der Waals surface area contributed by atoms with Crippen LogP contribution in [-0.2, 0) is 24.2 Å². The highest BCUT2D eigenvalue weighted by Gasteiger charge is 2.28.